The van der Waals surface area contributed by atoms with Crippen molar-refractivity contribution in [3.63, 3.8) is 0 Å². The third-order valence-corrected chi connectivity index (χ3v) is 5.01. The van der Waals surface area contributed by atoms with Crippen molar-refractivity contribution in [2.75, 3.05) is 29.9 Å². The molecule has 1 aliphatic carbocycles. The Morgan fingerprint density at radius 1 is 1.12 bits per heavy atom. The van der Waals surface area contributed by atoms with Gasteiger partial charge in [0.25, 0.3) is 0 Å². The van der Waals surface area contributed by atoms with Crippen molar-refractivity contribution in [1.82, 2.24) is 9.97 Å². The van der Waals surface area contributed by atoms with E-state index in [-0.39, 0.29) is 10.6 Å². The van der Waals surface area contributed by atoms with Crippen LogP contribution in [-0.2, 0) is 0 Å². The van der Waals surface area contributed by atoms with Gasteiger partial charge in [0.05, 0.1) is 4.92 Å². The van der Waals surface area contributed by atoms with Gasteiger partial charge in [-0.1, -0.05) is 24.5 Å². The number of hydrogen-bond donors (Lipinski definition) is 1. The first-order valence-corrected chi connectivity index (χ1v) is 9.42. The van der Waals surface area contributed by atoms with Gasteiger partial charge < -0.3 is 10.2 Å². The molecule has 3 rings (SSSR count). The molecule has 0 atom stereocenters. The molecular weight excluding hydrogens is 318 g/mol. The average molecular weight is 345 g/mol. The van der Waals surface area contributed by atoms with Crippen LogP contribution < -0.4 is 10.2 Å². The Morgan fingerprint density at radius 3 is 2.60 bits per heavy atom. The predicted molar refractivity (Wildman–Crippen MR) is 99.0 cm³/mol. The molecular formula is C18H27N5O2. The van der Waals surface area contributed by atoms with Gasteiger partial charge in [-0.2, -0.15) is 0 Å². The molecule has 7 nitrogen and oxygen atoms in total. The summed E-state index contributed by atoms with van der Waals surface area (Å²) in [6.07, 6.45) is 13.9. The van der Waals surface area contributed by atoms with Crippen molar-refractivity contribution in [1.29, 1.82) is 0 Å². The smallest absolute Gasteiger partial charge is 0.353 e. The molecule has 0 aromatic carbocycles. The van der Waals surface area contributed by atoms with Crippen LogP contribution in [0, 0.1) is 10.1 Å². The van der Waals surface area contributed by atoms with E-state index in [1.54, 1.807) is 0 Å². The van der Waals surface area contributed by atoms with Crippen LogP contribution in [0.4, 0.5) is 17.3 Å². The van der Waals surface area contributed by atoms with E-state index in [9.17, 15) is 10.1 Å². The standard InChI is InChI=1S/C18H27N5O2/c24-23(25)16-17(19-11-10-15-8-4-3-5-9-15)20-14-21-18(16)22-12-6-1-2-7-13-22/h8,14H,1-7,9-13H2,(H,19,20,21). The maximum atomic E-state index is 11.7. The summed E-state index contributed by atoms with van der Waals surface area (Å²) in [6.45, 7) is 2.32. The fourth-order valence-electron chi connectivity index (χ4n) is 3.65. The molecule has 0 spiro atoms. The van der Waals surface area contributed by atoms with Gasteiger partial charge in [0.2, 0.25) is 11.6 Å². The molecule has 0 bridgehead atoms. The lowest BCUT2D eigenvalue weighted by Crippen LogP contribution is -2.26. The van der Waals surface area contributed by atoms with Crippen molar-refractivity contribution in [3.8, 4) is 0 Å². The van der Waals surface area contributed by atoms with Crippen LogP contribution in [0.25, 0.3) is 0 Å². The predicted octanol–water partition coefficient (Wildman–Crippen LogP) is 4.07. The molecule has 1 aromatic heterocycles. The Hall–Kier alpha value is -2.18. The van der Waals surface area contributed by atoms with E-state index < -0.39 is 0 Å². The van der Waals surface area contributed by atoms with Gasteiger partial charge in [-0.15, -0.1) is 0 Å². The molecule has 1 N–H and O–H groups in total. The highest BCUT2D eigenvalue weighted by molar-refractivity contribution is 5.70. The molecule has 1 fully saturated rings. The van der Waals surface area contributed by atoms with Crippen LogP contribution >= 0.6 is 0 Å². The molecule has 0 unspecified atom stereocenters. The van der Waals surface area contributed by atoms with Crippen LogP contribution in [0.5, 0.6) is 0 Å². The van der Waals surface area contributed by atoms with Crippen molar-refractivity contribution < 1.29 is 4.92 Å². The summed E-state index contributed by atoms with van der Waals surface area (Å²) in [5.41, 5.74) is 1.46. The lowest BCUT2D eigenvalue weighted by atomic mass is 9.97. The molecule has 136 valence electrons. The molecule has 1 saturated heterocycles. The second kappa shape index (κ2) is 8.78. The maximum absolute atomic E-state index is 11.7. The zero-order valence-corrected chi connectivity index (χ0v) is 14.7. The number of nitrogens with one attached hydrogen (secondary N) is 1. The van der Waals surface area contributed by atoms with Crippen LogP contribution in [-0.4, -0.2) is 34.5 Å². The Balaban J connectivity index is 1.73. The lowest BCUT2D eigenvalue weighted by molar-refractivity contribution is -0.383. The molecule has 2 heterocycles. The van der Waals surface area contributed by atoms with Crippen molar-refractivity contribution in [2.24, 2.45) is 0 Å². The summed E-state index contributed by atoms with van der Waals surface area (Å²) in [4.78, 5) is 21.8. The topological polar surface area (TPSA) is 84.2 Å². The first-order valence-electron chi connectivity index (χ1n) is 9.42. The van der Waals surface area contributed by atoms with Gasteiger partial charge in [0.15, 0.2) is 0 Å². The number of nitrogens with zero attached hydrogens (tertiary/aromatic N) is 4. The summed E-state index contributed by atoms with van der Waals surface area (Å²) in [5.74, 6) is 0.803. The van der Waals surface area contributed by atoms with Gasteiger partial charge in [0, 0.05) is 19.6 Å². The minimum absolute atomic E-state index is 0.0158. The van der Waals surface area contributed by atoms with E-state index in [4.69, 9.17) is 0 Å². The molecule has 2 aliphatic rings. The van der Waals surface area contributed by atoms with Crippen molar-refractivity contribution in [2.45, 2.75) is 57.8 Å². The quantitative estimate of drug-likeness (QED) is 0.475. The molecule has 25 heavy (non-hydrogen) atoms. The van der Waals surface area contributed by atoms with Gasteiger partial charge in [-0.05, 0) is 44.9 Å². The Morgan fingerprint density at radius 2 is 1.92 bits per heavy atom. The highest BCUT2D eigenvalue weighted by atomic mass is 16.6. The van der Waals surface area contributed by atoms with Crippen molar-refractivity contribution in [3.05, 3.63) is 28.1 Å². The molecule has 0 amide bonds. The zero-order valence-electron chi connectivity index (χ0n) is 14.7. The minimum Gasteiger partial charge on any atom is -0.364 e. The van der Waals surface area contributed by atoms with Gasteiger partial charge in [0.1, 0.15) is 6.33 Å². The summed E-state index contributed by atoms with van der Waals surface area (Å²) >= 11 is 0. The van der Waals surface area contributed by atoms with Crippen LogP contribution in [0.1, 0.15) is 57.8 Å². The molecule has 0 saturated carbocycles. The Bertz CT molecular complexity index is 624. The van der Waals surface area contributed by atoms with Crippen LogP contribution in [0.2, 0.25) is 0 Å². The number of nitro groups is 1. The zero-order chi connectivity index (χ0) is 17.5. The third-order valence-electron chi connectivity index (χ3n) is 5.01. The molecule has 7 heteroatoms. The lowest BCUT2D eigenvalue weighted by Gasteiger charge is -2.21. The molecule has 0 radical (unpaired) electrons. The van der Waals surface area contributed by atoms with E-state index in [1.165, 1.54) is 37.6 Å². The summed E-state index contributed by atoms with van der Waals surface area (Å²) in [6, 6.07) is 0. The highest BCUT2D eigenvalue weighted by Gasteiger charge is 2.27. The number of allylic oxidation sites excluding steroid dienone is 1. The number of hydrogen-bond acceptors (Lipinski definition) is 6. The number of rotatable bonds is 6. The van der Waals surface area contributed by atoms with E-state index >= 15 is 0 Å². The fourth-order valence-corrected chi connectivity index (χ4v) is 3.65. The Labute approximate surface area is 148 Å². The third kappa shape index (κ3) is 4.67. The maximum Gasteiger partial charge on any atom is 0.353 e. The highest BCUT2D eigenvalue weighted by Crippen LogP contribution is 2.33. The normalized spacial score (nSPS) is 18.4. The van der Waals surface area contributed by atoms with Crippen LogP contribution in [0.15, 0.2) is 18.0 Å². The van der Waals surface area contributed by atoms with E-state index in [0.717, 1.165) is 45.2 Å². The van der Waals surface area contributed by atoms with Crippen LogP contribution in [0.3, 0.4) is 0 Å². The number of anilines is 2. The molecule has 1 aliphatic heterocycles. The van der Waals surface area contributed by atoms with E-state index in [0.29, 0.717) is 18.2 Å². The SMILES string of the molecule is O=[N+]([O-])c1c(NCCC2=CCCCC2)ncnc1N1CCCCCC1. The summed E-state index contributed by atoms with van der Waals surface area (Å²) in [7, 11) is 0. The second-order valence-electron chi connectivity index (χ2n) is 6.84. The van der Waals surface area contributed by atoms with Crippen molar-refractivity contribution >= 4 is 17.3 Å². The first kappa shape index (κ1) is 17.6. The average Bonchev–Trinajstić information content (AvgIpc) is 2.91. The van der Waals surface area contributed by atoms with E-state index in [1.807, 2.05) is 4.90 Å². The molecule has 1 aromatic rings. The second-order valence-corrected chi connectivity index (χ2v) is 6.84. The number of aromatic nitrogens is 2. The van der Waals surface area contributed by atoms with Gasteiger partial charge in [-0.25, -0.2) is 9.97 Å². The first-order chi connectivity index (χ1) is 12.3. The van der Waals surface area contributed by atoms with Gasteiger partial charge >= 0.3 is 5.69 Å². The Kier molecular flexibility index (Phi) is 6.19. The monoisotopic (exact) mass is 345 g/mol. The van der Waals surface area contributed by atoms with Gasteiger partial charge in [-0.3, -0.25) is 10.1 Å². The fraction of sp³-hybridized carbons (Fsp3) is 0.667. The van der Waals surface area contributed by atoms with E-state index in [2.05, 4.69) is 21.4 Å². The summed E-state index contributed by atoms with van der Waals surface area (Å²) < 4.78 is 0. The largest absolute Gasteiger partial charge is 0.364 e. The summed E-state index contributed by atoms with van der Waals surface area (Å²) in [5, 5.41) is 14.9. The minimum atomic E-state index is -0.345.